The molecule has 3 aromatic rings. The lowest BCUT2D eigenvalue weighted by molar-refractivity contribution is -0.122. The molecular weight excluding hydrogens is 418 g/mol. The van der Waals surface area contributed by atoms with Gasteiger partial charge in [0.25, 0.3) is 0 Å². The fraction of sp³-hybridized carbons (Fsp3) is 0.522. The van der Waals surface area contributed by atoms with Crippen LogP contribution in [0.5, 0.6) is 0 Å². The van der Waals surface area contributed by atoms with E-state index in [-0.39, 0.29) is 11.9 Å². The Morgan fingerprint density at radius 3 is 2.91 bits per heavy atom. The van der Waals surface area contributed by atoms with E-state index in [0.29, 0.717) is 18.4 Å². The number of hydrogen-bond acceptors (Lipinski definition) is 7. The van der Waals surface area contributed by atoms with Crippen LogP contribution in [-0.2, 0) is 31.2 Å². The predicted molar refractivity (Wildman–Crippen MR) is 125 cm³/mol. The summed E-state index contributed by atoms with van der Waals surface area (Å²) in [6.07, 6.45) is 6.41. The van der Waals surface area contributed by atoms with Gasteiger partial charge in [0, 0.05) is 37.1 Å². The largest absolute Gasteiger partial charge is 0.349 e. The van der Waals surface area contributed by atoms with Crippen LogP contribution in [0.4, 0.5) is 17.6 Å². The van der Waals surface area contributed by atoms with Gasteiger partial charge in [-0.3, -0.25) is 14.6 Å². The highest BCUT2D eigenvalue weighted by Gasteiger charge is 2.34. The molecule has 1 atom stereocenters. The van der Waals surface area contributed by atoms with Crippen LogP contribution >= 0.6 is 0 Å². The SMILES string of the molecule is CC(C)c1cc(Nc2nc(N3CCC[C@@H]3C(=O)NCc3ccnn3C)nc3c2CCC3)n[nH]1. The van der Waals surface area contributed by atoms with Gasteiger partial charge in [-0.15, -0.1) is 0 Å². The lowest BCUT2D eigenvalue weighted by Gasteiger charge is -2.25. The van der Waals surface area contributed by atoms with Gasteiger partial charge in [0.2, 0.25) is 11.9 Å². The molecule has 10 nitrogen and oxygen atoms in total. The molecule has 3 N–H and O–H groups in total. The van der Waals surface area contributed by atoms with Gasteiger partial charge in [-0.05, 0) is 44.1 Å². The second-order valence-corrected chi connectivity index (χ2v) is 9.15. The van der Waals surface area contributed by atoms with Crippen LogP contribution in [0.25, 0.3) is 0 Å². The van der Waals surface area contributed by atoms with Crippen LogP contribution < -0.4 is 15.5 Å². The van der Waals surface area contributed by atoms with Gasteiger partial charge in [-0.1, -0.05) is 13.8 Å². The predicted octanol–water partition coefficient (Wildman–Crippen LogP) is 2.57. The molecule has 10 heteroatoms. The lowest BCUT2D eigenvalue weighted by atomic mass is 10.1. The molecule has 1 saturated heterocycles. The van der Waals surface area contributed by atoms with Crippen LogP contribution in [-0.4, -0.2) is 48.4 Å². The molecule has 0 bridgehead atoms. The molecule has 0 saturated carbocycles. The number of aromatic nitrogens is 6. The Hall–Kier alpha value is -3.43. The third-order valence-corrected chi connectivity index (χ3v) is 6.57. The van der Waals surface area contributed by atoms with Crippen molar-refractivity contribution < 1.29 is 4.79 Å². The van der Waals surface area contributed by atoms with Crippen LogP contribution in [0.2, 0.25) is 0 Å². The topological polar surface area (TPSA) is 117 Å². The molecule has 0 radical (unpaired) electrons. The summed E-state index contributed by atoms with van der Waals surface area (Å²) >= 11 is 0. The summed E-state index contributed by atoms with van der Waals surface area (Å²) in [6, 6.07) is 3.66. The number of rotatable bonds is 7. The van der Waals surface area contributed by atoms with Crippen LogP contribution in [0.1, 0.15) is 61.7 Å². The minimum atomic E-state index is -0.275. The Labute approximate surface area is 193 Å². The second-order valence-electron chi connectivity index (χ2n) is 9.15. The van der Waals surface area contributed by atoms with Gasteiger partial charge in [0.05, 0.1) is 17.9 Å². The minimum Gasteiger partial charge on any atom is -0.349 e. The number of nitrogens with one attached hydrogen (secondary N) is 3. The monoisotopic (exact) mass is 449 g/mol. The van der Waals surface area contributed by atoms with E-state index in [9.17, 15) is 4.79 Å². The van der Waals surface area contributed by atoms with Crippen molar-refractivity contribution in [3.63, 3.8) is 0 Å². The van der Waals surface area contributed by atoms with Crippen LogP contribution in [0, 0.1) is 0 Å². The number of amides is 1. The average Bonchev–Trinajstić information content (AvgIpc) is 3.58. The maximum Gasteiger partial charge on any atom is 0.243 e. The molecular formula is C23H31N9O. The van der Waals surface area contributed by atoms with Gasteiger partial charge in [-0.2, -0.15) is 15.2 Å². The number of aromatic amines is 1. The molecule has 1 amide bonds. The minimum absolute atomic E-state index is 0.00110. The Morgan fingerprint density at radius 2 is 2.15 bits per heavy atom. The zero-order chi connectivity index (χ0) is 22.9. The van der Waals surface area contributed by atoms with Crippen molar-refractivity contribution in [2.45, 2.75) is 64.5 Å². The standard InChI is InChI=1S/C23H31N9O/c1-14(2)18-12-20(30-29-18)27-21-16-6-4-7-17(16)26-23(28-21)32-11-5-8-19(32)22(33)24-13-15-9-10-25-31(15)3/h9-10,12,14,19H,4-8,11,13H2,1-3H3,(H,24,33)(H2,26,27,28,29,30)/t19-/m1/s1. The van der Waals surface area contributed by atoms with Crippen molar-refractivity contribution in [2.75, 3.05) is 16.8 Å². The fourth-order valence-corrected chi connectivity index (χ4v) is 4.62. The molecule has 4 heterocycles. The molecule has 1 aliphatic heterocycles. The first-order valence-electron chi connectivity index (χ1n) is 11.7. The number of hydrogen-bond donors (Lipinski definition) is 3. The van der Waals surface area contributed by atoms with E-state index in [2.05, 4.69) is 39.8 Å². The van der Waals surface area contributed by atoms with Crippen molar-refractivity contribution in [1.82, 2.24) is 35.3 Å². The van der Waals surface area contributed by atoms with Gasteiger partial charge in [0.15, 0.2) is 5.82 Å². The molecule has 1 fully saturated rings. The van der Waals surface area contributed by atoms with E-state index in [0.717, 1.165) is 72.9 Å². The van der Waals surface area contributed by atoms with Gasteiger partial charge >= 0.3 is 0 Å². The number of nitrogens with zero attached hydrogens (tertiary/aromatic N) is 6. The normalized spacial score (nSPS) is 17.6. The van der Waals surface area contributed by atoms with Gasteiger partial charge in [0.1, 0.15) is 11.9 Å². The number of fused-ring (bicyclic) bond motifs is 1. The first-order valence-corrected chi connectivity index (χ1v) is 11.7. The number of carbonyl (C=O) groups excluding carboxylic acids is 1. The van der Waals surface area contributed by atoms with E-state index in [1.165, 1.54) is 0 Å². The molecule has 5 rings (SSSR count). The fourth-order valence-electron chi connectivity index (χ4n) is 4.62. The van der Waals surface area contributed by atoms with Gasteiger partial charge < -0.3 is 15.5 Å². The van der Waals surface area contributed by atoms with Crippen LogP contribution in [0.15, 0.2) is 18.3 Å². The number of aryl methyl sites for hydroxylation is 2. The summed E-state index contributed by atoms with van der Waals surface area (Å²) in [4.78, 5) is 24.9. The highest BCUT2D eigenvalue weighted by atomic mass is 16.2. The summed E-state index contributed by atoms with van der Waals surface area (Å²) in [5.41, 5.74) is 4.27. The molecule has 0 aromatic carbocycles. The molecule has 174 valence electrons. The van der Waals surface area contributed by atoms with Crippen LogP contribution in [0.3, 0.4) is 0 Å². The number of carbonyl (C=O) groups is 1. The zero-order valence-electron chi connectivity index (χ0n) is 19.4. The van der Waals surface area contributed by atoms with Gasteiger partial charge in [-0.25, -0.2) is 4.98 Å². The Bertz CT molecular complexity index is 1150. The van der Waals surface area contributed by atoms with Crippen molar-refractivity contribution in [2.24, 2.45) is 7.05 Å². The van der Waals surface area contributed by atoms with E-state index in [1.54, 1.807) is 10.9 Å². The van der Waals surface area contributed by atoms with Crippen molar-refractivity contribution in [1.29, 1.82) is 0 Å². The third-order valence-electron chi connectivity index (χ3n) is 6.57. The van der Waals surface area contributed by atoms with E-state index >= 15 is 0 Å². The van der Waals surface area contributed by atoms with Crippen molar-refractivity contribution in [3.8, 4) is 0 Å². The first kappa shape index (κ1) is 21.4. The number of anilines is 3. The highest BCUT2D eigenvalue weighted by Crippen LogP contribution is 2.32. The molecule has 2 aliphatic rings. The zero-order valence-corrected chi connectivity index (χ0v) is 19.4. The number of H-pyrrole nitrogens is 1. The smallest absolute Gasteiger partial charge is 0.243 e. The Morgan fingerprint density at radius 1 is 1.27 bits per heavy atom. The maximum atomic E-state index is 13.0. The summed E-state index contributed by atoms with van der Waals surface area (Å²) in [7, 11) is 1.87. The summed E-state index contributed by atoms with van der Waals surface area (Å²) in [6.45, 7) is 5.48. The molecule has 33 heavy (non-hydrogen) atoms. The summed E-state index contributed by atoms with van der Waals surface area (Å²) in [5.74, 6) is 2.55. The van der Waals surface area contributed by atoms with Crippen molar-refractivity contribution in [3.05, 3.63) is 41.0 Å². The van der Waals surface area contributed by atoms with E-state index in [4.69, 9.17) is 9.97 Å². The lowest BCUT2D eigenvalue weighted by Crippen LogP contribution is -2.44. The molecule has 0 unspecified atom stereocenters. The molecule has 0 spiro atoms. The summed E-state index contributed by atoms with van der Waals surface area (Å²) in [5, 5.41) is 18.1. The Balaban J connectivity index is 1.37. The molecule has 3 aromatic heterocycles. The summed E-state index contributed by atoms with van der Waals surface area (Å²) < 4.78 is 1.77. The average molecular weight is 450 g/mol. The maximum absolute atomic E-state index is 13.0. The van der Waals surface area contributed by atoms with E-state index in [1.807, 2.05) is 24.1 Å². The highest BCUT2D eigenvalue weighted by molar-refractivity contribution is 5.85. The van der Waals surface area contributed by atoms with Crippen molar-refractivity contribution >= 4 is 23.5 Å². The Kier molecular flexibility index (Phi) is 5.74. The second kappa shape index (κ2) is 8.84. The van der Waals surface area contributed by atoms with E-state index < -0.39 is 0 Å². The molecule has 1 aliphatic carbocycles. The third kappa shape index (κ3) is 4.29. The first-order chi connectivity index (χ1) is 16.0. The quantitative estimate of drug-likeness (QED) is 0.507.